The highest BCUT2D eigenvalue weighted by Crippen LogP contribution is 2.25. The van der Waals surface area contributed by atoms with Gasteiger partial charge in [0.05, 0.1) is 0 Å². The van der Waals surface area contributed by atoms with E-state index in [4.69, 9.17) is 9.84 Å². The van der Waals surface area contributed by atoms with Crippen molar-refractivity contribution in [3.63, 3.8) is 0 Å². The third-order valence-corrected chi connectivity index (χ3v) is 3.87. The van der Waals surface area contributed by atoms with Crippen LogP contribution < -0.4 is 4.74 Å². The lowest BCUT2D eigenvalue weighted by Gasteiger charge is -2.12. The zero-order valence-corrected chi connectivity index (χ0v) is 12.6. The van der Waals surface area contributed by atoms with Gasteiger partial charge in [-0.15, -0.1) is 0 Å². The number of thiophene rings is 1. The molecule has 5 nitrogen and oxygen atoms in total. The zero-order chi connectivity index (χ0) is 15.9. The number of aromatic carboxylic acids is 1. The lowest BCUT2D eigenvalue weighted by molar-refractivity contribution is -0.137. The molecule has 0 saturated heterocycles. The number of aryl methyl sites for hydroxylation is 1. The van der Waals surface area contributed by atoms with Crippen LogP contribution in [-0.4, -0.2) is 22.2 Å². The summed E-state index contributed by atoms with van der Waals surface area (Å²) in [4.78, 5) is 22.1. The van der Waals surface area contributed by atoms with Gasteiger partial charge in [-0.2, -0.15) is 11.3 Å². The van der Waals surface area contributed by atoms with E-state index in [-0.39, 0.29) is 12.0 Å². The summed E-state index contributed by atoms with van der Waals surface area (Å²) in [6.07, 6.45) is 0.798. The van der Waals surface area contributed by atoms with E-state index in [1.807, 2.05) is 16.8 Å². The summed E-state index contributed by atoms with van der Waals surface area (Å²) in [5, 5.41) is 22.0. The summed E-state index contributed by atoms with van der Waals surface area (Å²) in [7, 11) is 0. The van der Waals surface area contributed by atoms with Crippen molar-refractivity contribution in [2.45, 2.75) is 25.9 Å². The first-order valence-corrected chi connectivity index (χ1v) is 7.73. The molecular formula is C16H16O5S. The van der Waals surface area contributed by atoms with E-state index in [0.717, 1.165) is 5.56 Å². The second-order valence-electron chi connectivity index (χ2n) is 4.76. The fourth-order valence-corrected chi connectivity index (χ4v) is 2.77. The van der Waals surface area contributed by atoms with E-state index in [1.54, 1.807) is 29.5 Å². The maximum absolute atomic E-state index is 11.5. The van der Waals surface area contributed by atoms with Crippen LogP contribution >= 0.6 is 11.3 Å². The molecular weight excluding hydrogens is 304 g/mol. The van der Waals surface area contributed by atoms with E-state index >= 15 is 0 Å². The quantitative estimate of drug-likeness (QED) is 0.778. The molecule has 6 heteroatoms. The van der Waals surface area contributed by atoms with Crippen LogP contribution in [0.2, 0.25) is 0 Å². The Morgan fingerprint density at radius 3 is 2.64 bits per heavy atom. The molecule has 0 radical (unpaired) electrons. The predicted octanol–water partition coefficient (Wildman–Crippen LogP) is 3.43. The van der Waals surface area contributed by atoms with Crippen molar-refractivity contribution in [2.24, 2.45) is 0 Å². The zero-order valence-electron chi connectivity index (χ0n) is 11.8. The summed E-state index contributed by atoms with van der Waals surface area (Å²) in [5.74, 6) is -1.64. The molecule has 1 aromatic heterocycles. The summed E-state index contributed by atoms with van der Waals surface area (Å²) < 4.78 is 5.62. The Bertz CT molecular complexity index is 649. The molecule has 0 aliphatic heterocycles. The highest BCUT2D eigenvalue weighted by molar-refractivity contribution is 7.07. The van der Waals surface area contributed by atoms with Gasteiger partial charge >= 0.3 is 11.9 Å². The van der Waals surface area contributed by atoms with Gasteiger partial charge < -0.3 is 14.9 Å². The molecule has 2 rings (SSSR count). The fraction of sp³-hybridized carbons (Fsp3) is 0.250. The summed E-state index contributed by atoms with van der Waals surface area (Å²) in [6, 6.07) is 6.96. The molecule has 116 valence electrons. The molecule has 0 saturated carbocycles. The summed E-state index contributed by atoms with van der Waals surface area (Å²) >= 11 is 1.55. The van der Waals surface area contributed by atoms with Gasteiger partial charge in [0, 0.05) is 6.42 Å². The molecule has 0 aliphatic carbocycles. The third-order valence-electron chi connectivity index (χ3n) is 3.14. The minimum atomic E-state index is -1.06. The number of rotatable bonds is 8. The Labute approximate surface area is 131 Å². The smallest absolute Gasteiger partial charge is 0.339 e. The minimum Gasteiger partial charge on any atom is -0.488 e. The van der Waals surface area contributed by atoms with Crippen molar-refractivity contribution in [3.8, 4) is 5.75 Å². The normalized spacial score (nSPS) is 10.4. The Hall–Kier alpha value is -2.34. The number of carboxylic acid groups (broad SMARTS) is 2. The summed E-state index contributed by atoms with van der Waals surface area (Å²) in [5.41, 5.74) is 1.69. The van der Waals surface area contributed by atoms with Gasteiger partial charge in [-0.3, -0.25) is 4.79 Å². The molecule has 0 atom stereocenters. The van der Waals surface area contributed by atoms with Crippen LogP contribution in [0.25, 0.3) is 0 Å². The Balaban J connectivity index is 2.14. The van der Waals surface area contributed by atoms with E-state index in [0.29, 0.717) is 30.8 Å². The second-order valence-corrected chi connectivity index (χ2v) is 5.54. The van der Waals surface area contributed by atoms with Crippen molar-refractivity contribution in [1.29, 1.82) is 0 Å². The number of benzene rings is 1. The molecule has 2 aromatic rings. The maximum Gasteiger partial charge on any atom is 0.339 e. The Morgan fingerprint density at radius 2 is 2.00 bits per heavy atom. The van der Waals surface area contributed by atoms with Crippen molar-refractivity contribution < 1.29 is 24.5 Å². The molecule has 22 heavy (non-hydrogen) atoms. The summed E-state index contributed by atoms with van der Waals surface area (Å²) in [6.45, 7) is 0.308. The van der Waals surface area contributed by atoms with Crippen LogP contribution in [0, 0.1) is 0 Å². The molecule has 0 bridgehead atoms. The maximum atomic E-state index is 11.5. The molecule has 0 aliphatic rings. The van der Waals surface area contributed by atoms with E-state index in [2.05, 4.69) is 0 Å². The first-order chi connectivity index (χ1) is 10.6. The van der Waals surface area contributed by atoms with Crippen molar-refractivity contribution in [1.82, 2.24) is 0 Å². The van der Waals surface area contributed by atoms with Crippen LogP contribution in [0.3, 0.4) is 0 Å². The fourth-order valence-electron chi connectivity index (χ4n) is 2.11. The van der Waals surface area contributed by atoms with Gasteiger partial charge in [-0.25, -0.2) is 4.79 Å². The van der Waals surface area contributed by atoms with E-state index in [9.17, 15) is 14.7 Å². The molecule has 0 spiro atoms. The highest BCUT2D eigenvalue weighted by atomic mass is 32.1. The van der Waals surface area contributed by atoms with Gasteiger partial charge in [-0.05, 0) is 46.9 Å². The number of carbonyl (C=O) groups is 2. The predicted molar refractivity (Wildman–Crippen MR) is 82.6 cm³/mol. The topological polar surface area (TPSA) is 83.8 Å². The molecule has 0 unspecified atom stereocenters. The van der Waals surface area contributed by atoms with Crippen LogP contribution in [0.1, 0.15) is 34.3 Å². The van der Waals surface area contributed by atoms with E-state index < -0.39 is 11.9 Å². The molecule has 1 aromatic carbocycles. The van der Waals surface area contributed by atoms with Gasteiger partial charge in [0.2, 0.25) is 0 Å². The van der Waals surface area contributed by atoms with Crippen LogP contribution in [0.15, 0.2) is 35.0 Å². The molecule has 1 heterocycles. The molecule has 2 N–H and O–H groups in total. The number of ether oxygens (including phenoxy) is 1. The standard InChI is InChI=1S/C16H16O5S/c17-14(18)6-2-4-12-3-1-5-13(15(12)16(19)20)21-9-11-7-8-22-10-11/h1,3,5,7-8,10H,2,4,6,9H2,(H,17,18)(H,19,20). The van der Waals surface area contributed by atoms with Crippen LogP contribution in [0.4, 0.5) is 0 Å². The van der Waals surface area contributed by atoms with E-state index in [1.165, 1.54) is 0 Å². The van der Waals surface area contributed by atoms with Crippen LogP contribution in [0.5, 0.6) is 5.75 Å². The Kier molecular flexibility index (Phi) is 5.55. The molecule has 0 fully saturated rings. The lowest BCUT2D eigenvalue weighted by atomic mass is 10.0. The van der Waals surface area contributed by atoms with Gasteiger partial charge in [0.1, 0.15) is 17.9 Å². The average Bonchev–Trinajstić information content (AvgIpc) is 2.97. The first-order valence-electron chi connectivity index (χ1n) is 6.79. The highest BCUT2D eigenvalue weighted by Gasteiger charge is 2.17. The second kappa shape index (κ2) is 7.61. The van der Waals surface area contributed by atoms with Crippen molar-refractivity contribution in [3.05, 3.63) is 51.7 Å². The van der Waals surface area contributed by atoms with Gasteiger partial charge in [-0.1, -0.05) is 12.1 Å². The van der Waals surface area contributed by atoms with Gasteiger partial charge in [0.15, 0.2) is 0 Å². The van der Waals surface area contributed by atoms with Crippen molar-refractivity contribution >= 4 is 23.3 Å². The number of carboxylic acids is 2. The Morgan fingerprint density at radius 1 is 1.18 bits per heavy atom. The van der Waals surface area contributed by atoms with Crippen molar-refractivity contribution in [2.75, 3.05) is 0 Å². The first kappa shape index (κ1) is 16.0. The largest absolute Gasteiger partial charge is 0.488 e. The average molecular weight is 320 g/mol. The minimum absolute atomic E-state index is 0.0129. The monoisotopic (exact) mass is 320 g/mol. The molecule has 0 amide bonds. The number of hydrogen-bond acceptors (Lipinski definition) is 4. The van der Waals surface area contributed by atoms with Crippen LogP contribution in [-0.2, 0) is 17.8 Å². The SMILES string of the molecule is O=C(O)CCCc1cccc(OCc2ccsc2)c1C(=O)O. The number of aliphatic carboxylic acids is 1. The number of hydrogen-bond donors (Lipinski definition) is 2. The lowest BCUT2D eigenvalue weighted by Crippen LogP contribution is -2.08. The van der Waals surface area contributed by atoms with Gasteiger partial charge in [0.25, 0.3) is 0 Å². The third kappa shape index (κ3) is 4.33.